The first-order valence-electron chi connectivity index (χ1n) is 17.3. The molecule has 0 radical (unpaired) electrons. The number of rotatable bonds is 7. The number of piperazine rings is 1. The molecule has 48 heavy (non-hydrogen) atoms. The number of amides is 1. The molecule has 2 aliphatic carbocycles. The predicted molar refractivity (Wildman–Crippen MR) is 185 cm³/mol. The molecule has 1 amide bonds. The molecule has 1 aromatic heterocycles. The van der Waals surface area contributed by atoms with Gasteiger partial charge in [-0.25, -0.2) is 13.1 Å². The summed E-state index contributed by atoms with van der Waals surface area (Å²) in [7, 11) is -3.37. The van der Waals surface area contributed by atoms with Crippen LogP contribution in [-0.4, -0.2) is 99.0 Å². The molecular formula is C35H45N5O6S2. The topological polar surface area (TPSA) is 121 Å². The van der Waals surface area contributed by atoms with Crippen molar-refractivity contribution in [2.45, 2.75) is 80.5 Å². The van der Waals surface area contributed by atoms with Crippen molar-refractivity contribution in [1.82, 2.24) is 22.8 Å². The molecule has 4 fully saturated rings. The highest BCUT2D eigenvalue weighted by Crippen LogP contribution is 2.64. The molecule has 3 aromatic rings. The van der Waals surface area contributed by atoms with Crippen LogP contribution in [-0.2, 0) is 26.8 Å². The second-order valence-electron chi connectivity index (χ2n) is 14.6. The Morgan fingerprint density at radius 3 is 2.50 bits per heavy atom. The van der Waals surface area contributed by atoms with Gasteiger partial charge in [-0.1, -0.05) is 25.3 Å². The van der Waals surface area contributed by atoms with Gasteiger partial charge in [0.2, 0.25) is 10.0 Å². The maximum absolute atomic E-state index is 15.0. The predicted octanol–water partition coefficient (Wildman–Crippen LogP) is 4.25. The number of hydrogen-bond donors (Lipinski definition) is 1. The van der Waals surface area contributed by atoms with Crippen LogP contribution in [0.1, 0.15) is 84.7 Å². The lowest BCUT2D eigenvalue weighted by atomic mass is 9.81. The quantitative estimate of drug-likeness (QED) is 0.393. The molecular weight excluding hydrogens is 651 g/mol. The number of nitrogens with one attached hydrogen (secondary N) is 1. The molecule has 0 bridgehead atoms. The molecule has 5 aliphatic rings. The number of hydrogen-bond acceptors (Lipinski definition) is 7. The summed E-state index contributed by atoms with van der Waals surface area (Å²) < 4.78 is 66.9. The molecule has 2 aromatic carbocycles. The fraction of sp³-hybridized carbons (Fsp3) is 0.571. The highest BCUT2D eigenvalue weighted by atomic mass is 32.2. The fourth-order valence-electron chi connectivity index (χ4n) is 9.14. The van der Waals surface area contributed by atoms with E-state index in [4.69, 9.17) is 4.74 Å². The van der Waals surface area contributed by atoms with Crippen LogP contribution >= 0.6 is 0 Å². The Labute approximate surface area is 283 Å². The average molecular weight is 696 g/mol. The Kier molecular flexibility index (Phi) is 7.76. The number of carbonyl (C=O) groups excluding carboxylic acids is 1. The lowest BCUT2D eigenvalue weighted by Gasteiger charge is -2.38. The molecule has 1 N–H and O–H groups in total. The van der Waals surface area contributed by atoms with Crippen molar-refractivity contribution in [1.29, 1.82) is 0 Å². The third-order valence-corrected chi connectivity index (χ3v) is 15.8. The molecule has 3 atom stereocenters. The monoisotopic (exact) mass is 695 g/mol. The summed E-state index contributed by atoms with van der Waals surface area (Å²) in [6.45, 7) is 3.08. The molecule has 0 spiro atoms. The van der Waals surface area contributed by atoms with Crippen molar-refractivity contribution in [3.05, 3.63) is 53.1 Å². The zero-order chi connectivity index (χ0) is 33.6. The second-order valence-corrected chi connectivity index (χ2v) is 18.8. The molecule has 8 rings (SSSR count). The summed E-state index contributed by atoms with van der Waals surface area (Å²) >= 11 is 0. The minimum Gasteiger partial charge on any atom is -0.497 e. The number of aromatic nitrogens is 1. The van der Waals surface area contributed by atoms with Crippen molar-refractivity contribution < 1.29 is 26.4 Å². The van der Waals surface area contributed by atoms with Gasteiger partial charge in [-0.15, -0.1) is 0 Å². The number of benzene rings is 2. The lowest BCUT2D eigenvalue weighted by Crippen LogP contribution is -2.55. The molecule has 4 heterocycles. The fourth-order valence-corrected chi connectivity index (χ4v) is 12.0. The van der Waals surface area contributed by atoms with Gasteiger partial charge in [0.15, 0.2) is 0 Å². The first kappa shape index (κ1) is 32.2. The van der Waals surface area contributed by atoms with E-state index >= 15 is 0 Å². The van der Waals surface area contributed by atoms with Crippen LogP contribution in [0.4, 0.5) is 0 Å². The molecule has 258 valence electrons. The van der Waals surface area contributed by atoms with E-state index in [0.29, 0.717) is 31.2 Å². The number of fused-ring (bicyclic) bond motifs is 8. The zero-order valence-electron chi connectivity index (χ0n) is 27.9. The standard InChI is InChI=1S/C35H45N5O6S2/c1-37(2)48(44,45)36-34(41)24-11-13-28-31(18-24)40-22-35(47(42,43)39-17-16-38-15-7-10-25(38)21-39)20-30(35)29-19-26(46-3)12-14-27(29)33(40)32(28)23-8-5-4-6-9-23/h11-14,18-19,23,25,30H,4-10,15-17,20-22H2,1-3H3,(H,36,41). The van der Waals surface area contributed by atoms with Crippen LogP contribution in [0.2, 0.25) is 0 Å². The Hall–Kier alpha value is -2.97. The molecule has 13 heteroatoms. The summed E-state index contributed by atoms with van der Waals surface area (Å²) in [4.78, 5) is 15.8. The van der Waals surface area contributed by atoms with Crippen LogP contribution in [0.25, 0.3) is 22.2 Å². The average Bonchev–Trinajstić information content (AvgIpc) is 3.52. The molecule has 3 unspecified atom stereocenters. The van der Waals surface area contributed by atoms with Gasteiger partial charge in [0, 0.05) is 74.3 Å². The van der Waals surface area contributed by atoms with Crippen LogP contribution in [0, 0.1) is 0 Å². The van der Waals surface area contributed by atoms with Gasteiger partial charge >= 0.3 is 10.2 Å². The van der Waals surface area contributed by atoms with Gasteiger partial charge in [0.25, 0.3) is 5.91 Å². The minimum absolute atomic E-state index is 0.194. The molecule has 3 aliphatic heterocycles. The van der Waals surface area contributed by atoms with E-state index < -0.39 is 30.9 Å². The van der Waals surface area contributed by atoms with Gasteiger partial charge in [0.05, 0.1) is 12.8 Å². The van der Waals surface area contributed by atoms with Gasteiger partial charge in [0.1, 0.15) is 10.5 Å². The van der Waals surface area contributed by atoms with E-state index in [1.54, 1.807) is 23.5 Å². The largest absolute Gasteiger partial charge is 0.497 e. The van der Waals surface area contributed by atoms with E-state index in [0.717, 1.165) is 83.6 Å². The maximum Gasteiger partial charge on any atom is 0.303 e. The third-order valence-electron chi connectivity index (χ3n) is 11.8. The normalized spacial score (nSPS) is 26.4. The smallest absolute Gasteiger partial charge is 0.303 e. The maximum atomic E-state index is 15.0. The summed E-state index contributed by atoms with van der Waals surface area (Å²) in [6.07, 6.45) is 8.17. The van der Waals surface area contributed by atoms with E-state index in [1.165, 1.54) is 26.1 Å². The van der Waals surface area contributed by atoms with E-state index in [1.807, 2.05) is 18.2 Å². The number of methoxy groups -OCH3 is 1. The SMILES string of the molecule is COc1ccc2c(c1)C1CC1(S(=O)(=O)N1CCN3CCCC3C1)Cn1c-2c(C2CCCCC2)c2ccc(C(=O)NS(=O)(=O)N(C)C)cc21. The van der Waals surface area contributed by atoms with Crippen LogP contribution in [0.3, 0.4) is 0 Å². The Morgan fingerprint density at radius 1 is 0.958 bits per heavy atom. The van der Waals surface area contributed by atoms with Crippen molar-refractivity contribution >= 4 is 37.0 Å². The Morgan fingerprint density at radius 2 is 1.75 bits per heavy atom. The van der Waals surface area contributed by atoms with Crippen LogP contribution in [0.5, 0.6) is 5.75 Å². The highest BCUT2D eigenvalue weighted by Gasteiger charge is 2.68. The minimum atomic E-state index is -4.00. The highest BCUT2D eigenvalue weighted by molar-refractivity contribution is 7.91. The van der Waals surface area contributed by atoms with Gasteiger partial charge < -0.3 is 9.30 Å². The summed E-state index contributed by atoms with van der Waals surface area (Å²) in [5.41, 5.74) is 5.24. The van der Waals surface area contributed by atoms with Crippen LogP contribution in [0.15, 0.2) is 36.4 Å². The van der Waals surface area contributed by atoms with Crippen molar-refractivity contribution in [2.24, 2.45) is 0 Å². The zero-order valence-corrected chi connectivity index (χ0v) is 29.6. The lowest BCUT2D eigenvalue weighted by molar-refractivity contribution is 0.0979. The van der Waals surface area contributed by atoms with Gasteiger partial charge in [-0.05, 0) is 86.0 Å². The van der Waals surface area contributed by atoms with Gasteiger partial charge in [-0.3, -0.25) is 9.69 Å². The number of nitrogens with zero attached hydrogens (tertiary/aromatic N) is 4. The van der Waals surface area contributed by atoms with E-state index in [-0.39, 0.29) is 24.1 Å². The van der Waals surface area contributed by atoms with Gasteiger partial charge in [-0.2, -0.15) is 17.0 Å². The Bertz CT molecular complexity index is 2020. The number of ether oxygens (including phenoxy) is 1. The third kappa shape index (κ3) is 4.94. The summed E-state index contributed by atoms with van der Waals surface area (Å²) in [6, 6.07) is 11.7. The molecule has 2 saturated heterocycles. The van der Waals surface area contributed by atoms with E-state index in [2.05, 4.69) is 20.3 Å². The first-order valence-corrected chi connectivity index (χ1v) is 20.2. The Balaban J connectivity index is 1.32. The van der Waals surface area contributed by atoms with Crippen molar-refractivity contribution in [3.63, 3.8) is 0 Å². The number of carbonyl (C=O) groups is 1. The van der Waals surface area contributed by atoms with Crippen molar-refractivity contribution in [3.8, 4) is 17.0 Å². The van der Waals surface area contributed by atoms with E-state index in [9.17, 15) is 21.6 Å². The first-order chi connectivity index (χ1) is 22.9. The molecule has 11 nitrogen and oxygen atoms in total. The second kappa shape index (κ2) is 11.5. The molecule has 2 saturated carbocycles. The summed E-state index contributed by atoms with van der Waals surface area (Å²) in [5, 5.41) is 0.997. The van der Waals surface area contributed by atoms with Crippen LogP contribution < -0.4 is 9.46 Å². The summed E-state index contributed by atoms with van der Waals surface area (Å²) in [5.74, 6) is 0.0790. The van der Waals surface area contributed by atoms with Crippen molar-refractivity contribution in [2.75, 3.05) is 47.4 Å². The number of sulfonamides is 1.